The normalized spacial score (nSPS) is 11.8. The van der Waals surface area contributed by atoms with Crippen LogP contribution in [0.3, 0.4) is 0 Å². The summed E-state index contributed by atoms with van der Waals surface area (Å²) in [5, 5.41) is 2.67. The Labute approximate surface area is 114 Å². The third-order valence-electron chi connectivity index (χ3n) is 2.13. The van der Waals surface area contributed by atoms with Crippen molar-refractivity contribution >= 4 is 36.5 Å². The summed E-state index contributed by atoms with van der Waals surface area (Å²) in [5.41, 5.74) is 5.55. The molecule has 4 nitrogen and oxygen atoms in total. The van der Waals surface area contributed by atoms with Gasteiger partial charge in [0.15, 0.2) is 0 Å². The molecule has 0 bridgehead atoms. The van der Waals surface area contributed by atoms with E-state index in [4.69, 9.17) is 5.73 Å². The van der Waals surface area contributed by atoms with Gasteiger partial charge in [0.1, 0.15) is 5.82 Å². The van der Waals surface area contributed by atoms with Gasteiger partial charge in [0, 0.05) is 6.20 Å². The number of anilines is 1. The van der Waals surface area contributed by atoms with Crippen LogP contribution >= 0.6 is 24.8 Å². The molecular weight excluding hydrogens is 261 g/mol. The number of pyridine rings is 1. The van der Waals surface area contributed by atoms with E-state index in [1.54, 1.807) is 18.3 Å². The van der Waals surface area contributed by atoms with Gasteiger partial charge in [-0.05, 0) is 17.5 Å². The molecule has 0 unspecified atom stereocenters. The summed E-state index contributed by atoms with van der Waals surface area (Å²) in [6.07, 6.45) is 1.62. The van der Waals surface area contributed by atoms with Gasteiger partial charge >= 0.3 is 0 Å². The highest BCUT2D eigenvalue weighted by atomic mass is 35.5. The molecule has 0 spiro atoms. The Balaban J connectivity index is 0. The lowest BCUT2D eigenvalue weighted by atomic mass is 9.87. The predicted molar refractivity (Wildman–Crippen MR) is 74.8 cm³/mol. The van der Waals surface area contributed by atoms with Crippen LogP contribution in [0.1, 0.15) is 20.8 Å². The molecule has 6 heteroatoms. The molecule has 1 heterocycles. The van der Waals surface area contributed by atoms with Gasteiger partial charge in [0.05, 0.1) is 6.04 Å². The van der Waals surface area contributed by atoms with Crippen LogP contribution in [0.5, 0.6) is 0 Å². The van der Waals surface area contributed by atoms with Crippen LogP contribution in [0.15, 0.2) is 24.4 Å². The van der Waals surface area contributed by atoms with Crippen LogP contribution in [-0.4, -0.2) is 16.9 Å². The van der Waals surface area contributed by atoms with Crippen molar-refractivity contribution in [2.45, 2.75) is 26.8 Å². The van der Waals surface area contributed by atoms with Gasteiger partial charge in [0.2, 0.25) is 5.91 Å². The van der Waals surface area contributed by atoms with E-state index < -0.39 is 6.04 Å². The third kappa shape index (κ3) is 5.86. The minimum absolute atomic E-state index is 0. The molecule has 0 aromatic carbocycles. The minimum Gasteiger partial charge on any atom is -0.319 e. The highest BCUT2D eigenvalue weighted by Gasteiger charge is 2.27. The SMILES string of the molecule is CC(C)(C)[C@H](N)C(=O)Nc1ccccn1.Cl.Cl. The summed E-state index contributed by atoms with van der Waals surface area (Å²) in [4.78, 5) is 15.7. The minimum atomic E-state index is -0.542. The van der Waals surface area contributed by atoms with Crippen molar-refractivity contribution < 1.29 is 4.79 Å². The fourth-order valence-electron chi connectivity index (χ4n) is 1.03. The fourth-order valence-corrected chi connectivity index (χ4v) is 1.03. The van der Waals surface area contributed by atoms with Crippen LogP contribution in [0, 0.1) is 5.41 Å². The van der Waals surface area contributed by atoms with Crippen molar-refractivity contribution in [1.82, 2.24) is 4.98 Å². The predicted octanol–water partition coefficient (Wildman–Crippen LogP) is 2.24. The van der Waals surface area contributed by atoms with Crippen molar-refractivity contribution in [1.29, 1.82) is 0 Å². The quantitative estimate of drug-likeness (QED) is 0.873. The van der Waals surface area contributed by atoms with E-state index in [0.717, 1.165) is 0 Å². The number of hydrogen-bond donors (Lipinski definition) is 2. The lowest BCUT2D eigenvalue weighted by Gasteiger charge is -2.25. The molecule has 1 atom stereocenters. The number of halogens is 2. The van der Waals surface area contributed by atoms with E-state index in [9.17, 15) is 4.79 Å². The smallest absolute Gasteiger partial charge is 0.242 e. The van der Waals surface area contributed by atoms with E-state index in [0.29, 0.717) is 5.82 Å². The molecule has 1 aromatic heterocycles. The first-order valence-electron chi connectivity index (χ1n) is 4.89. The number of nitrogens with zero attached hydrogens (tertiary/aromatic N) is 1. The third-order valence-corrected chi connectivity index (χ3v) is 2.13. The van der Waals surface area contributed by atoms with Crippen molar-refractivity contribution in [3.8, 4) is 0 Å². The first kappa shape index (κ1) is 18.5. The summed E-state index contributed by atoms with van der Waals surface area (Å²) in [7, 11) is 0. The zero-order valence-electron chi connectivity index (χ0n) is 10.1. The molecule has 0 fully saturated rings. The Hall–Kier alpha value is -0.840. The maximum Gasteiger partial charge on any atom is 0.242 e. The molecule has 3 N–H and O–H groups in total. The summed E-state index contributed by atoms with van der Waals surface area (Å²) >= 11 is 0. The van der Waals surface area contributed by atoms with Gasteiger partial charge in [-0.25, -0.2) is 4.98 Å². The molecule has 0 aliphatic heterocycles. The second kappa shape index (κ2) is 7.48. The molecule has 0 radical (unpaired) electrons. The largest absolute Gasteiger partial charge is 0.319 e. The number of hydrogen-bond acceptors (Lipinski definition) is 3. The first-order valence-corrected chi connectivity index (χ1v) is 4.89. The van der Waals surface area contributed by atoms with E-state index in [-0.39, 0.29) is 36.1 Å². The van der Waals surface area contributed by atoms with Crippen LogP contribution in [0.2, 0.25) is 0 Å². The average molecular weight is 280 g/mol. The molecule has 1 aromatic rings. The lowest BCUT2D eigenvalue weighted by molar-refractivity contribution is -0.119. The fraction of sp³-hybridized carbons (Fsp3) is 0.455. The zero-order chi connectivity index (χ0) is 11.5. The van der Waals surface area contributed by atoms with Crippen molar-refractivity contribution in [2.24, 2.45) is 11.1 Å². The summed E-state index contributed by atoms with van der Waals surface area (Å²) < 4.78 is 0. The number of amides is 1. The number of carbonyl (C=O) groups excluding carboxylic acids is 1. The van der Waals surface area contributed by atoms with Crippen molar-refractivity contribution in [3.63, 3.8) is 0 Å². The number of nitrogens with one attached hydrogen (secondary N) is 1. The maximum atomic E-state index is 11.7. The topological polar surface area (TPSA) is 68.0 Å². The first-order chi connectivity index (χ1) is 6.91. The Morgan fingerprint density at radius 3 is 2.35 bits per heavy atom. The highest BCUT2D eigenvalue weighted by molar-refractivity contribution is 5.94. The van der Waals surface area contributed by atoms with Gasteiger partial charge in [-0.15, -0.1) is 24.8 Å². The second-order valence-electron chi connectivity index (χ2n) is 4.55. The van der Waals surface area contributed by atoms with Crippen LogP contribution < -0.4 is 11.1 Å². The Bertz CT molecular complexity index is 338. The monoisotopic (exact) mass is 279 g/mol. The molecule has 0 aliphatic rings. The molecule has 1 amide bonds. The summed E-state index contributed by atoms with van der Waals surface area (Å²) in [5.74, 6) is 0.323. The number of nitrogens with two attached hydrogens (primary N) is 1. The maximum absolute atomic E-state index is 11.7. The molecular formula is C11H19Cl2N3O. The standard InChI is InChI=1S/C11H17N3O.2ClH/c1-11(2,3)9(12)10(15)14-8-6-4-5-7-13-8;;/h4-7,9H,12H2,1-3H3,(H,13,14,15);2*1H/t9-;;/m1../s1. The van der Waals surface area contributed by atoms with E-state index in [2.05, 4.69) is 10.3 Å². The van der Waals surface area contributed by atoms with Gasteiger partial charge < -0.3 is 11.1 Å². The van der Waals surface area contributed by atoms with Crippen LogP contribution in [0.25, 0.3) is 0 Å². The van der Waals surface area contributed by atoms with E-state index >= 15 is 0 Å². The van der Waals surface area contributed by atoms with E-state index in [1.165, 1.54) is 0 Å². The second-order valence-corrected chi connectivity index (χ2v) is 4.55. The Kier molecular flexibility index (Phi) is 8.15. The number of rotatable bonds is 2. The van der Waals surface area contributed by atoms with Gasteiger partial charge in [-0.3, -0.25) is 4.79 Å². The van der Waals surface area contributed by atoms with Gasteiger partial charge in [0.25, 0.3) is 0 Å². The Morgan fingerprint density at radius 2 is 1.94 bits per heavy atom. The lowest BCUT2D eigenvalue weighted by Crippen LogP contribution is -2.45. The Morgan fingerprint density at radius 1 is 1.35 bits per heavy atom. The average Bonchev–Trinajstić information content (AvgIpc) is 2.16. The van der Waals surface area contributed by atoms with Crippen molar-refractivity contribution in [3.05, 3.63) is 24.4 Å². The highest BCUT2D eigenvalue weighted by Crippen LogP contribution is 2.18. The zero-order valence-corrected chi connectivity index (χ0v) is 11.8. The van der Waals surface area contributed by atoms with Gasteiger partial charge in [-0.2, -0.15) is 0 Å². The van der Waals surface area contributed by atoms with Crippen molar-refractivity contribution in [2.75, 3.05) is 5.32 Å². The van der Waals surface area contributed by atoms with Crippen LogP contribution in [-0.2, 0) is 4.79 Å². The number of carbonyl (C=O) groups is 1. The van der Waals surface area contributed by atoms with Crippen LogP contribution in [0.4, 0.5) is 5.82 Å². The molecule has 0 aliphatic carbocycles. The molecule has 17 heavy (non-hydrogen) atoms. The molecule has 1 rings (SSSR count). The van der Waals surface area contributed by atoms with E-state index in [1.807, 2.05) is 26.8 Å². The molecule has 98 valence electrons. The summed E-state index contributed by atoms with van der Waals surface area (Å²) in [6.45, 7) is 5.78. The molecule has 0 saturated carbocycles. The summed E-state index contributed by atoms with van der Waals surface area (Å²) in [6, 6.07) is 4.79. The number of aromatic nitrogens is 1. The van der Waals surface area contributed by atoms with Gasteiger partial charge in [-0.1, -0.05) is 26.8 Å². The molecule has 0 saturated heterocycles.